The molecule has 19 heavy (non-hydrogen) atoms. The molecular formula is C13H16N2O2S2. The van der Waals surface area contributed by atoms with Crippen molar-refractivity contribution >= 4 is 27.0 Å². The van der Waals surface area contributed by atoms with E-state index in [0.717, 1.165) is 10.4 Å². The van der Waals surface area contributed by atoms with Crippen molar-refractivity contribution in [1.29, 1.82) is 0 Å². The lowest BCUT2D eigenvalue weighted by Gasteiger charge is -2.13. The van der Waals surface area contributed by atoms with Crippen LogP contribution in [0.2, 0.25) is 0 Å². The summed E-state index contributed by atoms with van der Waals surface area (Å²) in [5.74, 6) is 0. The molecule has 3 N–H and O–H groups in total. The maximum atomic E-state index is 12.3. The zero-order valence-corrected chi connectivity index (χ0v) is 12.4. The van der Waals surface area contributed by atoms with Crippen LogP contribution in [0.3, 0.4) is 0 Å². The van der Waals surface area contributed by atoms with Gasteiger partial charge in [-0.05, 0) is 36.4 Å². The van der Waals surface area contributed by atoms with Gasteiger partial charge in [0.2, 0.25) is 10.0 Å². The molecule has 1 aromatic heterocycles. The number of nitrogens with one attached hydrogen (secondary N) is 1. The van der Waals surface area contributed by atoms with E-state index >= 15 is 0 Å². The molecule has 2 aromatic rings. The van der Waals surface area contributed by atoms with Gasteiger partial charge in [-0.1, -0.05) is 18.2 Å². The van der Waals surface area contributed by atoms with Crippen LogP contribution in [-0.4, -0.2) is 8.42 Å². The van der Waals surface area contributed by atoms with Crippen molar-refractivity contribution in [3.05, 3.63) is 45.6 Å². The number of nitrogen functional groups attached to an aromatic ring is 1. The van der Waals surface area contributed by atoms with Gasteiger partial charge in [-0.2, -0.15) is 0 Å². The van der Waals surface area contributed by atoms with Crippen LogP contribution in [0.15, 0.2) is 34.5 Å². The van der Waals surface area contributed by atoms with Gasteiger partial charge in [0.15, 0.2) is 0 Å². The first-order chi connectivity index (χ1) is 8.92. The number of hydrogen-bond donors (Lipinski definition) is 2. The van der Waals surface area contributed by atoms with Crippen LogP contribution in [0.25, 0.3) is 0 Å². The number of benzene rings is 1. The topological polar surface area (TPSA) is 72.2 Å². The smallest absolute Gasteiger partial charge is 0.243 e. The number of thiophene rings is 1. The van der Waals surface area contributed by atoms with Crippen molar-refractivity contribution in [2.24, 2.45) is 0 Å². The monoisotopic (exact) mass is 296 g/mol. The third-order valence-corrected chi connectivity index (χ3v) is 5.38. The molecule has 0 aliphatic carbocycles. The van der Waals surface area contributed by atoms with E-state index in [9.17, 15) is 8.42 Å². The first-order valence-corrected chi connectivity index (χ1v) is 8.16. The summed E-state index contributed by atoms with van der Waals surface area (Å²) in [7, 11) is -3.59. The van der Waals surface area contributed by atoms with Gasteiger partial charge < -0.3 is 5.73 Å². The summed E-state index contributed by atoms with van der Waals surface area (Å²) in [4.78, 5) is 1.15. The van der Waals surface area contributed by atoms with Crippen molar-refractivity contribution in [2.45, 2.75) is 25.3 Å². The molecule has 0 aliphatic rings. The molecule has 0 radical (unpaired) electrons. The van der Waals surface area contributed by atoms with Gasteiger partial charge in [-0.25, -0.2) is 13.1 Å². The second-order valence-electron chi connectivity index (χ2n) is 4.35. The van der Waals surface area contributed by atoms with Crippen LogP contribution in [-0.2, 0) is 16.6 Å². The number of sulfonamides is 1. The number of nitrogens with two attached hydrogens (primary N) is 1. The summed E-state index contributed by atoms with van der Waals surface area (Å²) < 4.78 is 27.3. The third kappa shape index (κ3) is 2.97. The first kappa shape index (κ1) is 14.0. The quantitative estimate of drug-likeness (QED) is 0.851. The summed E-state index contributed by atoms with van der Waals surface area (Å²) in [6.45, 7) is 3.83. The molecular weight excluding hydrogens is 280 g/mol. The van der Waals surface area contributed by atoms with Gasteiger partial charge in [0.05, 0.1) is 5.69 Å². The normalized spacial score (nSPS) is 11.7. The van der Waals surface area contributed by atoms with Crippen LogP contribution >= 0.6 is 11.3 Å². The molecule has 2 rings (SSSR count). The van der Waals surface area contributed by atoms with E-state index in [1.807, 2.05) is 23.6 Å². The van der Waals surface area contributed by atoms with Crippen LogP contribution in [0.1, 0.15) is 16.0 Å². The van der Waals surface area contributed by atoms with Crippen molar-refractivity contribution < 1.29 is 8.42 Å². The fourth-order valence-corrected chi connectivity index (χ4v) is 3.98. The van der Waals surface area contributed by atoms with Crippen molar-refractivity contribution in [2.75, 3.05) is 5.73 Å². The summed E-state index contributed by atoms with van der Waals surface area (Å²) in [6, 6.07) is 7.37. The molecule has 6 heteroatoms. The Balaban J connectivity index is 2.32. The summed E-state index contributed by atoms with van der Waals surface area (Å²) in [5, 5.41) is 1.91. The predicted octanol–water partition coefficient (Wildman–Crippen LogP) is 2.43. The molecule has 1 aromatic carbocycles. The lowest BCUT2D eigenvalue weighted by Crippen LogP contribution is -2.25. The fourth-order valence-electron chi connectivity index (χ4n) is 1.82. The van der Waals surface area contributed by atoms with Gasteiger partial charge in [0, 0.05) is 11.4 Å². The van der Waals surface area contributed by atoms with Crippen molar-refractivity contribution in [3.63, 3.8) is 0 Å². The SMILES string of the molecule is Cc1ccc(C)c(S(=O)(=O)NCc2cccs2)c1N. The van der Waals surface area contributed by atoms with E-state index in [-0.39, 0.29) is 11.4 Å². The molecule has 102 valence electrons. The predicted molar refractivity (Wildman–Crippen MR) is 78.7 cm³/mol. The number of aryl methyl sites for hydroxylation is 2. The van der Waals surface area contributed by atoms with Gasteiger partial charge in [-0.15, -0.1) is 11.3 Å². The molecule has 0 saturated heterocycles. The third-order valence-electron chi connectivity index (χ3n) is 2.90. The van der Waals surface area contributed by atoms with Crippen molar-refractivity contribution in [3.8, 4) is 0 Å². The van der Waals surface area contributed by atoms with Crippen LogP contribution in [0.5, 0.6) is 0 Å². The lowest BCUT2D eigenvalue weighted by molar-refractivity contribution is 0.581. The van der Waals surface area contributed by atoms with Crippen molar-refractivity contribution in [1.82, 2.24) is 4.72 Å². The fraction of sp³-hybridized carbons (Fsp3) is 0.231. The highest BCUT2D eigenvalue weighted by atomic mass is 32.2. The molecule has 0 saturated carbocycles. The standard InChI is InChI=1S/C13H16N2O2S2/c1-9-5-6-10(2)13(12(9)14)19(16,17)15-8-11-4-3-7-18-11/h3-7,15H,8,14H2,1-2H3. The minimum Gasteiger partial charge on any atom is -0.397 e. The highest BCUT2D eigenvalue weighted by Gasteiger charge is 2.20. The van der Waals surface area contributed by atoms with E-state index in [0.29, 0.717) is 11.3 Å². The molecule has 0 aliphatic heterocycles. The average molecular weight is 296 g/mol. The average Bonchev–Trinajstić information content (AvgIpc) is 2.85. The number of rotatable bonds is 4. The molecule has 1 heterocycles. The molecule has 0 fully saturated rings. The highest BCUT2D eigenvalue weighted by molar-refractivity contribution is 7.89. The zero-order chi connectivity index (χ0) is 14.0. The molecule has 0 atom stereocenters. The molecule has 0 spiro atoms. The molecule has 0 amide bonds. The molecule has 0 unspecified atom stereocenters. The Morgan fingerprint density at radius 2 is 1.89 bits per heavy atom. The Morgan fingerprint density at radius 3 is 2.53 bits per heavy atom. The van der Waals surface area contributed by atoms with Gasteiger partial charge in [-0.3, -0.25) is 0 Å². The Morgan fingerprint density at radius 1 is 1.21 bits per heavy atom. The zero-order valence-electron chi connectivity index (χ0n) is 10.8. The second kappa shape index (κ2) is 5.32. The number of anilines is 1. The van der Waals surface area contributed by atoms with E-state index in [4.69, 9.17) is 5.73 Å². The second-order valence-corrected chi connectivity index (χ2v) is 7.08. The maximum absolute atomic E-state index is 12.3. The van der Waals surface area contributed by atoms with Crippen LogP contribution < -0.4 is 10.5 Å². The van der Waals surface area contributed by atoms with Gasteiger partial charge in [0.1, 0.15) is 4.90 Å². The van der Waals surface area contributed by atoms with Gasteiger partial charge in [0.25, 0.3) is 0 Å². The summed E-state index contributed by atoms with van der Waals surface area (Å²) >= 11 is 1.51. The molecule has 4 nitrogen and oxygen atoms in total. The Bertz CT molecular complexity index is 677. The van der Waals surface area contributed by atoms with Crippen LogP contribution in [0.4, 0.5) is 5.69 Å². The Labute approximate surface area is 117 Å². The van der Waals surface area contributed by atoms with Crippen LogP contribution in [0, 0.1) is 13.8 Å². The summed E-state index contributed by atoms with van der Waals surface area (Å²) in [6.07, 6.45) is 0. The minimum absolute atomic E-state index is 0.184. The van der Waals surface area contributed by atoms with E-state index in [1.165, 1.54) is 11.3 Å². The maximum Gasteiger partial charge on any atom is 0.243 e. The Kier molecular flexibility index (Phi) is 3.93. The van der Waals surface area contributed by atoms with E-state index in [2.05, 4.69) is 4.72 Å². The van der Waals surface area contributed by atoms with Gasteiger partial charge >= 0.3 is 0 Å². The highest BCUT2D eigenvalue weighted by Crippen LogP contribution is 2.26. The largest absolute Gasteiger partial charge is 0.397 e. The number of hydrogen-bond acceptors (Lipinski definition) is 4. The van der Waals surface area contributed by atoms with E-state index in [1.54, 1.807) is 19.9 Å². The Hall–Kier alpha value is -1.37. The first-order valence-electron chi connectivity index (χ1n) is 5.79. The summed E-state index contributed by atoms with van der Waals surface area (Å²) in [5.41, 5.74) is 7.64. The minimum atomic E-state index is -3.59. The lowest BCUT2D eigenvalue weighted by atomic mass is 10.1. The van der Waals surface area contributed by atoms with E-state index < -0.39 is 10.0 Å². The molecule has 0 bridgehead atoms.